The molecule has 1 aliphatic rings. The molecular formula is C30H39N3O7. The molecule has 0 radical (unpaired) electrons. The van der Waals surface area contributed by atoms with Gasteiger partial charge in [-0.05, 0) is 56.4 Å². The second-order valence-corrected chi connectivity index (χ2v) is 11.4. The number of carbonyl (C=O) groups is 4. The monoisotopic (exact) mass is 553 g/mol. The highest BCUT2D eigenvalue weighted by molar-refractivity contribution is 6.01. The molecule has 216 valence electrons. The summed E-state index contributed by atoms with van der Waals surface area (Å²) in [6.07, 6.45) is -0.458. The molecule has 0 bridgehead atoms. The molecular weight excluding hydrogens is 514 g/mol. The van der Waals surface area contributed by atoms with Gasteiger partial charge in [0.05, 0.1) is 25.8 Å². The number of amides is 3. The number of hydrogen-bond donors (Lipinski definition) is 4. The Bertz CT molecular complexity index is 1200. The van der Waals surface area contributed by atoms with Gasteiger partial charge in [0.15, 0.2) is 11.4 Å². The zero-order chi connectivity index (χ0) is 29.5. The first-order valence-corrected chi connectivity index (χ1v) is 13.4. The molecule has 2 unspecified atom stereocenters. The van der Waals surface area contributed by atoms with Crippen molar-refractivity contribution in [2.45, 2.75) is 64.3 Å². The average Bonchev–Trinajstić information content (AvgIpc) is 3.71. The number of nitrogens with one attached hydrogen (secondary N) is 3. The fraction of sp³-hybridized carbons (Fsp3) is 0.467. The van der Waals surface area contributed by atoms with Crippen LogP contribution in [0.2, 0.25) is 0 Å². The third-order valence-corrected chi connectivity index (χ3v) is 6.24. The molecule has 0 spiro atoms. The van der Waals surface area contributed by atoms with E-state index in [1.54, 1.807) is 39.0 Å². The van der Waals surface area contributed by atoms with Crippen molar-refractivity contribution < 1.29 is 33.8 Å². The van der Waals surface area contributed by atoms with Gasteiger partial charge in [0.1, 0.15) is 11.6 Å². The van der Waals surface area contributed by atoms with Crippen molar-refractivity contribution in [3.63, 3.8) is 0 Å². The maximum absolute atomic E-state index is 13.5. The van der Waals surface area contributed by atoms with Crippen LogP contribution in [0.4, 0.5) is 4.79 Å². The Morgan fingerprint density at radius 3 is 2.20 bits per heavy atom. The predicted molar refractivity (Wildman–Crippen MR) is 150 cm³/mol. The molecule has 3 rings (SSSR count). The van der Waals surface area contributed by atoms with Crippen LogP contribution in [0, 0.1) is 5.92 Å². The molecule has 40 heavy (non-hydrogen) atoms. The van der Waals surface area contributed by atoms with Crippen molar-refractivity contribution in [2.24, 2.45) is 5.92 Å². The van der Waals surface area contributed by atoms with E-state index in [1.165, 1.54) is 0 Å². The number of aliphatic hydroxyl groups excluding tert-OH is 1. The molecule has 4 N–H and O–H groups in total. The van der Waals surface area contributed by atoms with E-state index in [1.807, 2.05) is 50.2 Å². The van der Waals surface area contributed by atoms with Gasteiger partial charge in [-0.2, -0.15) is 0 Å². The first kappa shape index (κ1) is 30.8. The van der Waals surface area contributed by atoms with E-state index in [-0.39, 0.29) is 19.1 Å². The summed E-state index contributed by atoms with van der Waals surface area (Å²) in [6.45, 7) is 8.21. The minimum Gasteiger partial charge on any atom is -0.444 e. The number of alkyl carbamates (subject to hydrolysis) is 1. The topological polar surface area (TPSA) is 146 Å². The molecule has 1 aliphatic heterocycles. The van der Waals surface area contributed by atoms with Crippen LogP contribution in [-0.2, 0) is 19.1 Å². The number of ether oxygens (including phenoxy) is 2. The van der Waals surface area contributed by atoms with Crippen molar-refractivity contribution in [3.05, 3.63) is 60.2 Å². The summed E-state index contributed by atoms with van der Waals surface area (Å²) in [7, 11) is 0. The van der Waals surface area contributed by atoms with E-state index >= 15 is 0 Å². The average molecular weight is 554 g/mol. The lowest BCUT2D eigenvalue weighted by molar-refractivity contribution is -0.132. The summed E-state index contributed by atoms with van der Waals surface area (Å²) >= 11 is 0. The number of carbonyl (C=O) groups excluding carboxylic acids is 4. The van der Waals surface area contributed by atoms with Gasteiger partial charge < -0.3 is 30.5 Å². The van der Waals surface area contributed by atoms with Gasteiger partial charge >= 0.3 is 6.09 Å². The van der Waals surface area contributed by atoms with Gasteiger partial charge in [-0.1, -0.05) is 56.3 Å². The summed E-state index contributed by atoms with van der Waals surface area (Å²) in [4.78, 5) is 52.2. The summed E-state index contributed by atoms with van der Waals surface area (Å²) in [5.41, 5.74) is -0.0220. The van der Waals surface area contributed by atoms with Gasteiger partial charge in [-0.3, -0.25) is 14.4 Å². The summed E-state index contributed by atoms with van der Waals surface area (Å²) in [5, 5.41) is 17.6. The van der Waals surface area contributed by atoms with Crippen LogP contribution in [0.3, 0.4) is 0 Å². The lowest BCUT2D eigenvalue weighted by Crippen LogP contribution is -2.57. The molecule has 0 aromatic heterocycles. The number of ketones is 1. The van der Waals surface area contributed by atoms with Crippen LogP contribution < -0.4 is 16.0 Å². The number of epoxide rings is 1. The quantitative estimate of drug-likeness (QED) is 0.296. The normalized spacial score (nSPS) is 17.9. The van der Waals surface area contributed by atoms with Crippen LogP contribution in [0.1, 0.15) is 51.4 Å². The maximum Gasteiger partial charge on any atom is 0.407 e. The Kier molecular flexibility index (Phi) is 10.1. The van der Waals surface area contributed by atoms with Crippen molar-refractivity contribution in [1.29, 1.82) is 0 Å². The Morgan fingerprint density at radius 2 is 1.62 bits per heavy atom. The number of aliphatic hydroxyl groups is 1. The predicted octanol–water partition coefficient (Wildman–Crippen LogP) is 2.84. The van der Waals surface area contributed by atoms with Crippen molar-refractivity contribution in [1.82, 2.24) is 16.0 Å². The van der Waals surface area contributed by atoms with Crippen molar-refractivity contribution >= 4 is 23.7 Å². The minimum atomic E-state index is -1.32. The Hall–Kier alpha value is -3.76. The first-order chi connectivity index (χ1) is 18.8. The SMILES string of the molecule is CC(C)CC(NC(=O)[C@H](CNC(=O)OC(C)(C)C)NC(=O)c1cccc(-c2ccccc2)c1)C(=O)C1(CO)CO1. The van der Waals surface area contributed by atoms with Gasteiger partial charge in [0.2, 0.25) is 5.91 Å². The van der Waals surface area contributed by atoms with Crippen molar-refractivity contribution in [2.75, 3.05) is 19.8 Å². The van der Waals surface area contributed by atoms with Crippen LogP contribution in [0.5, 0.6) is 0 Å². The van der Waals surface area contributed by atoms with Crippen LogP contribution >= 0.6 is 0 Å². The molecule has 1 heterocycles. The lowest BCUT2D eigenvalue weighted by atomic mass is 9.92. The standard InChI is InChI=1S/C30H39N3O7/c1-19(2)14-23(25(35)30(17-34)18-39-30)32-27(37)24(16-31-28(38)40-29(3,4)5)33-26(36)22-13-9-12-21(15-22)20-10-7-6-8-11-20/h6-13,15,19,23-24,34H,14,16-18H2,1-5H3,(H,31,38)(H,32,37)(H,33,36)/t23?,24-,30?/m0/s1. The molecule has 2 aromatic carbocycles. The van der Waals surface area contributed by atoms with Crippen molar-refractivity contribution in [3.8, 4) is 11.1 Å². The largest absolute Gasteiger partial charge is 0.444 e. The third-order valence-electron chi connectivity index (χ3n) is 6.24. The Morgan fingerprint density at radius 1 is 0.975 bits per heavy atom. The molecule has 3 amide bonds. The summed E-state index contributed by atoms with van der Waals surface area (Å²) < 4.78 is 10.5. The lowest BCUT2D eigenvalue weighted by Gasteiger charge is -2.26. The fourth-order valence-corrected chi connectivity index (χ4v) is 4.11. The molecule has 1 saturated heterocycles. The van der Waals surface area contributed by atoms with Gasteiger partial charge in [-0.15, -0.1) is 0 Å². The molecule has 3 atom stereocenters. The number of hydrogen-bond acceptors (Lipinski definition) is 7. The fourth-order valence-electron chi connectivity index (χ4n) is 4.11. The second-order valence-electron chi connectivity index (χ2n) is 11.4. The molecule has 1 fully saturated rings. The van der Waals surface area contributed by atoms with Crippen LogP contribution in [0.15, 0.2) is 54.6 Å². The highest BCUT2D eigenvalue weighted by Crippen LogP contribution is 2.30. The summed E-state index contributed by atoms with van der Waals surface area (Å²) in [5.74, 6) is -1.60. The van der Waals surface area contributed by atoms with Crippen LogP contribution in [-0.4, -0.2) is 71.8 Å². The zero-order valence-corrected chi connectivity index (χ0v) is 23.7. The molecule has 0 aliphatic carbocycles. The molecule has 0 saturated carbocycles. The first-order valence-electron chi connectivity index (χ1n) is 13.4. The maximum atomic E-state index is 13.5. The summed E-state index contributed by atoms with van der Waals surface area (Å²) in [6, 6.07) is 14.3. The number of rotatable bonds is 12. The highest BCUT2D eigenvalue weighted by atomic mass is 16.6. The second kappa shape index (κ2) is 13.1. The minimum absolute atomic E-state index is 0.0393. The van der Waals surface area contributed by atoms with E-state index in [4.69, 9.17) is 9.47 Å². The Balaban J connectivity index is 1.80. The van der Waals surface area contributed by atoms with E-state index in [0.717, 1.165) is 11.1 Å². The third kappa shape index (κ3) is 8.62. The van der Waals surface area contributed by atoms with E-state index in [0.29, 0.717) is 12.0 Å². The van der Waals surface area contributed by atoms with Crippen LogP contribution in [0.25, 0.3) is 11.1 Å². The van der Waals surface area contributed by atoms with E-state index < -0.39 is 53.6 Å². The molecule has 2 aromatic rings. The Labute approximate surface area is 234 Å². The molecule has 10 nitrogen and oxygen atoms in total. The highest BCUT2D eigenvalue weighted by Gasteiger charge is 2.54. The number of benzene rings is 2. The smallest absolute Gasteiger partial charge is 0.407 e. The number of Topliss-reactive ketones (excluding diaryl/α,β-unsaturated/α-hetero) is 1. The van der Waals surface area contributed by atoms with Gasteiger partial charge in [0, 0.05) is 5.56 Å². The molecule has 10 heteroatoms. The van der Waals surface area contributed by atoms with E-state index in [9.17, 15) is 24.3 Å². The van der Waals surface area contributed by atoms with Gasteiger partial charge in [0.25, 0.3) is 5.91 Å². The van der Waals surface area contributed by atoms with Gasteiger partial charge in [-0.25, -0.2) is 4.79 Å². The van der Waals surface area contributed by atoms with E-state index in [2.05, 4.69) is 16.0 Å². The zero-order valence-electron chi connectivity index (χ0n) is 23.7.